The molecule has 2 atom stereocenters. The van der Waals surface area contributed by atoms with E-state index in [1.165, 1.54) is 0 Å². The number of unbranched alkanes of at least 4 members (excludes halogenated alkanes) is 1. The van der Waals surface area contributed by atoms with Crippen LogP contribution in [-0.2, 0) is 19.8 Å². The van der Waals surface area contributed by atoms with E-state index < -0.39 is 34.0 Å². The molecule has 0 aliphatic carbocycles. The number of halogens is 5. The maximum absolute atomic E-state index is 13.4. The number of hydrogen-bond donors (Lipinski definition) is 0. The maximum Gasteiger partial charge on any atom is 0.451 e. The van der Waals surface area contributed by atoms with Crippen LogP contribution in [0.3, 0.4) is 0 Å². The van der Waals surface area contributed by atoms with Crippen LogP contribution in [0.4, 0.5) is 21.4 Å². The fraction of sp³-hybridized carbons (Fsp3) is 0.909. The van der Waals surface area contributed by atoms with Gasteiger partial charge in [0, 0.05) is 0 Å². The Morgan fingerprint density at radius 2 is 1.71 bits per heavy atom. The molecule has 0 fully saturated rings. The molecule has 0 amide bonds. The zero-order chi connectivity index (χ0) is 16.9. The van der Waals surface area contributed by atoms with Gasteiger partial charge in [-0.1, -0.05) is 33.1 Å². The van der Waals surface area contributed by atoms with Crippen molar-refractivity contribution in [3.63, 3.8) is 0 Å². The van der Waals surface area contributed by atoms with Gasteiger partial charge in [-0.15, -0.1) is 3.89 Å². The molecule has 0 aromatic rings. The van der Waals surface area contributed by atoms with Crippen LogP contribution in [0, 0.1) is 5.92 Å². The molecule has 2 unspecified atom stereocenters. The smallest absolute Gasteiger partial charge is 0.451 e. The first-order valence-electron chi connectivity index (χ1n) is 6.28. The minimum atomic E-state index is -6.86. The highest BCUT2D eigenvalue weighted by Crippen LogP contribution is 2.40. The fourth-order valence-electron chi connectivity index (χ4n) is 1.54. The number of esters is 1. The third-order valence-corrected chi connectivity index (χ3v) is 4.03. The van der Waals surface area contributed by atoms with Gasteiger partial charge in [0.2, 0.25) is 0 Å². The normalized spacial score (nSPS) is 17.1. The summed E-state index contributed by atoms with van der Waals surface area (Å²) >= 11 is 0. The van der Waals surface area contributed by atoms with Crippen molar-refractivity contribution < 1.29 is 39.4 Å². The van der Waals surface area contributed by atoms with E-state index in [2.05, 4.69) is 4.74 Å². The predicted octanol–water partition coefficient (Wildman–Crippen LogP) is 3.27. The lowest BCUT2D eigenvalue weighted by molar-refractivity contribution is -0.215. The van der Waals surface area contributed by atoms with Gasteiger partial charge in [-0.05, 0) is 12.3 Å². The van der Waals surface area contributed by atoms with E-state index in [1.807, 2.05) is 6.92 Å². The first-order valence-corrected chi connectivity index (χ1v) is 7.67. The molecule has 0 bridgehead atoms. The van der Waals surface area contributed by atoms with Gasteiger partial charge < -0.3 is 4.74 Å². The minimum absolute atomic E-state index is 0.353. The topological polar surface area (TPSA) is 60.4 Å². The van der Waals surface area contributed by atoms with Crippen molar-refractivity contribution in [2.45, 2.75) is 50.7 Å². The molecule has 126 valence electrons. The number of carbonyl (C=O) groups is 1. The largest absolute Gasteiger partial charge is 0.462 e. The van der Waals surface area contributed by atoms with Crippen molar-refractivity contribution in [1.82, 2.24) is 0 Å². The first kappa shape index (κ1) is 20.1. The fourth-order valence-corrected chi connectivity index (χ4v) is 2.07. The lowest BCUT2D eigenvalue weighted by atomic mass is 10.0. The van der Waals surface area contributed by atoms with Gasteiger partial charge in [0.05, 0.1) is 6.61 Å². The van der Waals surface area contributed by atoms with Crippen molar-refractivity contribution in [2.75, 3.05) is 6.61 Å². The van der Waals surface area contributed by atoms with E-state index in [-0.39, 0.29) is 5.92 Å². The summed E-state index contributed by atoms with van der Waals surface area (Å²) in [4.78, 5) is 11.1. The zero-order valence-electron chi connectivity index (χ0n) is 11.5. The molecule has 0 heterocycles. The van der Waals surface area contributed by atoms with Crippen LogP contribution >= 0.6 is 0 Å². The summed E-state index contributed by atoms with van der Waals surface area (Å²) in [5, 5.41) is -5.69. The molecule has 0 radical (unpaired) electrons. The Morgan fingerprint density at radius 1 is 1.19 bits per heavy atom. The number of ether oxygens (including phenoxy) is 1. The van der Waals surface area contributed by atoms with Crippen LogP contribution < -0.4 is 0 Å². The Labute approximate surface area is 119 Å². The summed E-state index contributed by atoms with van der Waals surface area (Å²) in [6.07, 6.45) is -3.83. The molecule has 0 rings (SSSR count). The Kier molecular flexibility index (Phi) is 7.04. The highest BCUT2D eigenvalue weighted by molar-refractivity contribution is 7.88. The summed E-state index contributed by atoms with van der Waals surface area (Å²) in [5.74, 6) is -3.15. The maximum atomic E-state index is 13.4. The summed E-state index contributed by atoms with van der Waals surface area (Å²) < 4.78 is 87.9. The van der Waals surface area contributed by atoms with Crippen LogP contribution in [0.2, 0.25) is 0 Å². The zero-order valence-corrected chi connectivity index (χ0v) is 12.4. The second kappa shape index (κ2) is 7.37. The number of hydrogen-bond acceptors (Lipinski definition) is 4. The highest BCUT2D eigenvalue weighted by Gasteiger charge is 2.73. The van der Waals surface area contributed by atoms with Crippen LogP contribution in [0.25, 0.3) is 0 Å². The van der Waals surface area contributed by atoms with Crippen LogP contribution in [0.15, 0.2) is 0 Å². The second-order valence-corrected chi connectivity index (χ2v) is 5.98. The monoisotopic (exact) mass is 340 g/mol. The quantitative estimate of drug-likeness (QED) is 0.386. The molecular formula is C11H17F5O4S. The Hall–Kier alpha value is -0.930. The predicted molar refractivity (Wildman–Crippen MR) is 64.2 cm³/mol. The van der Waals surface area contributed by atoms with E-state index in [4.69, 9.17) is 0 Å². The first-order chi connectivity index (χ1) is 9.41. The van der Waals surface area contributed by atoms with Crippen molar-refractivity contribution in [3.05, 3.63) is 0 Å². The third kappa shape index (κ3) is 4.79. The van der Waals surface area contributed by atoms with Gasteiger partial charge in [0.1, 0.15) is 0 Å². The molecule has 0 saturated carbocycles. The van der Waals surface area contributed by atoms with Gasteiger partial charge in [-0.3, -0.25) is 0 Å². The second-order valence-electron chi connectivity index (χ2n) is 4.55. The summed E-state index contributed by atoms with van der Waals surface area (Å²) in [5.41, 5.74) is 0. The van der Waals surface area contributed by atoms with Crippen molar-refractivity contribution >= 4 is 16.2 Å². The number of alkyl halides is 4. The molecule has 10 heteroatoms. The Morgan fingerprint density at radius 3 is 2.05 bits per heavy atom. The molecule has 0 N–H and O–H groups in total. The Bertz CT molecular complexity index is 448. The standard InChI is InChI=1S/C11H17F5O4S/c1-3-5-6-8(4-2)7-20-9(17)10(12,11(13,14)15)21(16,18)19/h8H,3-7H2,1-2H3. The molecule has 0 aromatic carbocycles. The third-order valence-electron chi connectivity index (χ3n) is 2.96. The van der Waals surface area contributed by atoms with Gasteiger partial charge in [0.25, 0.3) is 0 Å². The highest BCUT2D eigenvalue weighted by atomic mass is 32.3. The van der Waals surface area contributed by atoms with Gasteiger partial charge in [-0.25, -0.2) is 9.18 Å². The van der Waals surface area contributed by atoms with E-state index in [0.29, 0.717) is 19.3 Å². The Balaban J connectivity index is 5.04. The van der Waals surface area contributed by atoms with Crippen LogP contribution in [0.1, 0.15) is 39.5 Å². The van der Waals surface area contributed by atoms with Crippen LogP contribution in [-0.4, -0.2) is 32.2 Å². The average molecular weight is 340 g/mol. The molecule has 0 spiro atoms. The number of carbonyl (C=O) groups excluding carboxylic acids is 1. The van der Waals surface area contributed by atoms with Gasteiger partial charge >= 0.3 is 27.4 Å². The summed E-state index contributed by atoms with van der Waals surface area (Å²) in [6, 6.07) is 0. The number of rotatable bonds is 8. The summed E-state index contributed by atoms with van der Waals surface area (Å²) in [7, 11) is -6.86. The average Bonchev–Trinajstić information content (AvgIpc) is 2.34. The van der Waals surface area contributed by atoms with E-state index >= 15 is 0 Å². The molecule has 0 aliphatic rings. The van der Waals surface area contributed by atoms with Crippen LogP contribution in [0.5, 0.6) is 0 Å². The summed E-state index contributed by atoms with van der Waals surface area (Å²) in [6.45, 7) is 2.93. The molecule has 0 aliphatic heterocycles. The molecule has 4 nitrogen and oxygen atoms in total. The lowest BCUT2D eigenvalue weighted by Gasteiger charge is -2.23. The van der Waals surface area contributed by atoms with Crippen molar-refractivity contribution in [3.8, 4) is 0 Å². The van der Waals surface area contributed by atoms with E-state index in [9.17, 15) is 34.7 Å². The van der Waals surface area contributed by atoms with Crippen molar-refractivity contribution in [1.29, 1.82) is 0 Å². The lowest BCUT2D eigenvalue weighted by Crippen LogP contribution is -2.53. The van der Waals surface area contributed by atoms with Crippen molar-refractivity contribution in [2.24, 2.45) is 5.92 Å². The van der Waals surface area contributed by atoms with E-state index in [0.717, 1.165) is 6.42 Å². The van der Waals surface area contributed by atoms with Gasteiger partial charge in [0.15, 0.2) is 0 Å². The molecule has 0 saturated heterocycles. The molecular weight excluding hydrogens is 323 g/mol. The van der Waals surface area contributed by atoms with E-state index in [1.54, 1.807) is 6.92 Å². The molecule has 0 aromatic heterocycles. The van der Waals surface area contributed by atoms with Gasteiger partial charge in [-0.2, -0.15) is 21.6 Å². The SMILES string of the molecule is CCCCC(CC)COC(=O)C(F)(C(F)(F)F)S(=O)(=O)F. The molecule has 21 heavy (non-hydrogen) atoms. The minimum Gasteiger partial charge on any atom is -0.462 e.